The lowest BCUT2D eigenvalue weighted by Gasteiger charge is -2.16. The van der Waals surface area contributed by atoms with Crippen LogP contribution in [0.25, 0.3) is 0 Å². The van der Waals surface area contributed by atoms with Crippen LogP contribution in [0, 0.1) is 0 Å². The van der Waals surface area contributed by atoms with Crippen LogP contribution in [0.2, 0.25) is 0 Å². The van der Waals surface area contributed by atoms with Crippen molar-refractivity contribution < 1.29 is 33.5 Å². The average Bonchev–Trinajstić information content (AvgIpc) is 2.21. The maximum Gasteiger partial charge on any atom is 0.475 e. The SMILES string of the molecule is O=P(OCCO)(OCCO)OCCO. The van der Waals surface area contributed by atoms with Crippen molar-refractivity contribution in [1.29, 1.82) is 0 Å². The zero-order chi connectivity index (χ0) is 10.9. The van der Waals surface area contributed by atoms with Crippen molar-refractivity contribution in [3.05, 3.63) is 0 Å². The molecule has 7 nitrogen and oxygen atoms in total. The Balaban J connectivity index is 3.97. The highest BCUT2D eigenvalue weighted by atomic mass is 31.2. The fourth-order valence-electron chi connectivity index (χ4n) is 0.570. The van der Waals surface area contributed by atoms with E-state index in [2.05, 4.69) is 13.6 Å². The van der Waals surface area contributed by atoms with Crippen LogP contribution in [0.15, 0.2) is 0 Å². The third kappa shape index (κ3) is 6.44. The zero-order valence-corrected chi connectivity index (χ0v) is 8.56. The van der Waals surface area contributed by atoms with Gasteiger partial charge in [0.2, 0.25) is 0 Å². The Labute approximate surface area is 81.8 Å². The fraction of sp³-hybridized carbons (Fsp3) is 1.00. The molecule has 0 bridgehead atoms. The molecule has 0 rings (SSSR count). The molecule has 0 fully saturated rings. The van der Waals surface area contributed by atoms with Crippen LogP contribution in [0.5, 0.6) is 0 Å². The Morgan fingerprint density at radius 1 is 0.786 bits per heavy atom. The molecule has 3 N–H and O–H groups in total. The number of rotatable bonds is 9. The second-order valence-corrected chi connectivity index (χ2v) is 3.79. The van der Waals surface area contributed by atoms with E-state index in [1.807, 2.05) is 0 Å². The number of aliphatic hydroxyl groups is 3. The number of phosphoric ester groups is 1. The number of hydrogen-bond donors (Lipinski definition) is 3. The van der Waals surface area contributed by atoms with Gasteiger partial charge in [-0.2, -0.15) is 0 Å². The molecule has 0 aromatic heterocycles. The maximum atomic E-state index is 11.5. The first kappa shape index (κ1) is 14.0. The van der Waals surface area contributed by atoms with Gasteiger partial charge in [0.1, 0.15) is 0 Å². The van der Waals surface area contributed by atoms with Crippen LogP contribution in [-0.4, -0.2) is 55.0 Å². The minimum absolute atomic E-state index is 0.200. The van der Waals surface area contributed by atoms with Gasteiger partial charge in [-0.05, 0) is 0 Å². The van der Waals surface area contributed by atoms with Gasteiger partial charge in [-0.3, -0.25) is 13.6 Å². The van der Waals surface area contributed by atoms with E-state index in [9.17, 15) is 4.57 Å². The molecule has 86 valence electrons. The summed E-state index contributed by atoms with van der Waals surface area (Å²) < 4.78 is 25.4. The van der Waals surface area contributed by atoms with Crippen molar-refractivity contribution in [2.24, 2.45) is 0 Å². The van der Waals surface area contributed by atoms with E-state index in [-0.39, 0.29) is 39.6 Å². The lowest BCUT2D eigenvalue weighted by molar-refractivity contribution is 0.0732. The summed E-state index contributed by atoms with van der Waals surface area (Å²) in [4.78, 5) is 0. The molecule has 0 aromatic carbocycles. The molecule has 0 aliphatic carbocycles. The number of hydrogen-bond acceptors (Lipinski definition) is 7. The van der Waals surface area contributed by atoms with E-state index in [1.165, 1.54) is 0 Å². The van der Waals surface area contributed by atoms with E-state index >= 15 is 0 Å². The van der Waals surface area contributed by atoms with Crippen molar-refractivity contribution in [2.45, 2.75) is 0 Å². The molecule has 0 radical (unpaired) electrons. The molecule has 0 aromatic rings. The molecule has 0 atom stereocenters. The van der Waals surface area contributed by atoms with Crippen molar-refractivity contribution in [2.75, 3.05) is 39.6 Å². The Morgan fingerprint density at radius 3 is 1.29 bits per heavy atom. The summed E-state index contributed by atoms with van der Waals surface area (Å²) in [7, 11) is -3.75. The van der Waals surface area contributed by atoms with Crippen LogP contribution < -0.4 is 0 Å². The zero-order valence-electron chi connectivity index (χ0n) is 7.66. The molecule has 0 spiro atoms. The molecule has 0 amide bonds. The first-order valence-electron chi connectivity index (χ1n) is 4.05. The van der Waals surface area contributed by atoms with E-state index in [0.29, 0.717) is 0 Å². The normalized spacial score (nSPS) is 11.9. The lowest BCUT2D eigenvalue weighted by Crippen LogP contribution is -2.08. The van der Waals surface area contributed by atoms with Gasteiger partial charge in [-0.15, -0.1) is 0 Å². The highest BCUT2D eigenvalue weighted by molar-refractivity contribution is 7.48. The Bertz CT molecular complexity index is 145. The van der Waals surface area contributed by atoms with E-state index < -0.39 is 7.82 Å². The van der Waals surface area contributed by atoms with Gasteiger partial charge in [0.25, 0.3) is 0 Å². The van der Waals surface area contributed by atoms with E-state index in [1.54, 1.807) is 0 Å². The molecule has 0 aliphatic heterocycles. The first-order chi connectivity index (χ1) is 6.68. The maximum absolute atomic E-state index is 11.5. The number of phosphoric acid groups is 1. The topological polar surface area (TPSA) is 105 Å². The monoisotopic (exact) mass is 230 g/mol. The van der Waals surface area contributed by atoms with Crippen molar-refractivity contribution in [3.63, 3.8) is 0 Å². The quantitative estimate of drug-likeness (QED) is 0.442. The van der Waals surface area contributed by atoms with Crippen LogP contribution >= 0.6 is 7.82 Å². The second-order valence-electron chi connectivity index (χ2n) is 2.12. The van der Waals surface area contributed by atoms with Crippen LogP contribution in [0.4, 0.5) is 0 Å². The second kappa shape index (κ2) is 8.31. The standard InChI is InChI=1S/C6H15O7P/c7-1-4-11-14(10,12-5-2-8)13-6-3-9/h7-9H,1-6H2. The van der Waals surface area contributed by atoms with E-state index in [0.717, 1.165) is 0 Å². The Kier molecular flexibility index (Phi) is 8.30. The summed E-state index contributed by atoms with van der Waals surface area (Å²) in [5, 5.41) is 25.3. The predicted octanol–water partition coefficient (Wildman–Crippen LogP) is -0.879. The molecular formula is C6H15O7P. The largest absolute Gasteiger partial charge is 0.475 e. The summed E-state index contributed by atoms with van der Waals surface area (Å²) in [6.07, 6.45) is 0. The minimum Gasteiger partial charge on any atom is -0.394 e. The average molecular weight is 230 g/mol. The summed E-state index contributed by atoms with van der Waals surface area (Å²) in [6.45, 7) is -1.57. The third-order valence-corrected chi connectivity index (χ3v) is 2.52. The first-order valence-corrected chi connectivity index (χ1v) is 5.51. The van der Waals surface area contributed by atoms with Gasteiger partial charge in [-0.1, -0.05) is 0 Å². The lowest BCUT2D eigenvalue weighted by atomic mass is 10.8. The van der Waals surface area contributed by atoms with Gasteiger partial charge in [0.05, 0.1) is 39.6 Å². The van der Waals surface area contributed by atoms with Crippen molar-refractivity contribution in [1.82, 2.24) is 0 Å². The summed E-state index contributed by atoms with van der Waals surface area (Å²) in [5.74, 6) is 0. The highest BCUT2D eigenvalue weighted by Gasteiger charge is 2.25. The molecule has 0 aliphatic rings. The fourth-order valence-corrected chi connectivity index (χ4v) is 1.71. The third-order valence-electron chi connectivity index (χ3n) is 1.02. The molecule has 0 saturated heterocycles. The van der Waals surface area contributed by atoms with Crippen molar-refractivity contribution in [3.8, 4) is 0 Å². The number of aliphatic hydroxyl groups excluding tert-OH is 3. The molecule has 0 saturated carbocycles. The molecular weight excluding hydrogens is 215 g/mol. The van der Waals surface area contributed by atoms with Crippen molar-refractivity contribution >= 4 is 7.82 Å². The smallest absolute Gasteiger partial charge is 0.394 e. The summed E-state index contributed by atoms with van der Waals surface area (Å²) >= 11 is 0. The predicted molar refractivity (Wildman–Crippen MR) is 46.7 cm³/mol. The molecule has 0 heterocycles. The summed E-state index contributed by atoms with van der Waals surface area (Å²) in [6, 6.07) is 0. The van der Waals surface area contributed by atoms with Crippen LogP contribution in [-0.2, 0) is 18.1 Å². The van der Waals surface area contributed by atoms with Gasteiger partial charge < -0.3 is 15.3 Å². The minimum atomic E-state index is -3.75. The van der Waals surface area contributed by atoms with Gasteiger partial charge in [0, 0.05) is 0 Å². The Morgan fingerprint density at radius 2 is 1.07 bits per heavy atom. The van der Waals surface area contributed by atoms with Gasteiger partial charge in [0.15, 0.2) is 0 Å². The Hall–Kier alpha value is -0.0100. The highest BCUT2D eigenvalue weighted by Crippen LogP contribution is 2.48. The summed E-state index contributed by atoms with van der Waals surface area (Å²) in [5.41, 5.74) is 0. The molecule has 14 heavy (non-hydrogen) atoms. The van der Waals surface area contributed by atoms with Gasteiger partial charge >= 0.3 is 7.82 Å². The van der Waals surface area contributed by atoms with E-state index in [4.69, 9.17) is 15.3 Å². The molecule has 8 heteroatoms. The van der Waals surface area contributed by atoms with Crippen LogP contribution in [0.1, 0.15) is 0 Å². The molecule has 0 unspecified atom stereocenters. The van der Waals surface area contributed by atoms with Crippen LogP contribution in [0.3, 0.4) is 0 Å². The van der Waals surface area contributed by atoms with Gasteiger partial charge in [-0.25, -0.2) is 4.57 Å².